The molecular weight excluding hydrogens is 516 g/mol. The van der Waals surface area contributed by atoms with E-state index in [0.29, 0.717) is 46.9 Å². The molecule has 10 nitrogen and oxygen atoms in total. The average Bonchev–Trinajstić information content (AvgIpc) is 3.76. The fraction of sp³-hybridized carbons (Fsp3) is 0.467. The van der Waals surface area contributed by atoms with Gasteiger partial charge in [-0.1, -0.05) is 12.1 Å². The molecule has 10 heteroatoms. The lowest BCUT2D eigenvalue weighted by molar-refractivity contribution is -0.138. The Balaban J connectivity index is 1.53. The van der Waals surface area contributed by atoms with E-state index in [1.807, 2.05) is 24.3 Å². The molecule has 0 spiro atoms. The van der Waals surface area contributed by atoms with Crippen LogP contribution < -0.4 is 19.5 Å². The minimum absolute atomic E-state index is 0.0506. The van der Waals surface area contributed by atoms with E-state index in [9.17, 15) is 24.9 Å². The Morgan fingerprint density at radius 1 is 1.10 bits per heavy atom. The maximum absolute atomic E-state index is 13.6. The topological polar surface area (TPSA) is 138 Å². The molecule has 1 saturated carbocycles. The van der Waals surface area contributed by atoms with Gasteiger partial charge < -0.3 is 39.7 Å². The van der Waals surface area contributed by atoms with Gasteiger partial charge in [0.15, 0.2) is 11.5 Å². The first kappa shape index (κ1) is 27.9. The van der Waals surface area contributed by atoms with Crippen molar-refractivity contribution in [3.63, 3.8) is 0 Å². The summed E-state index contributed by atoms with van der Waals surface area (Å²) in [5.74, 6) is 0.255. The van der Waals surface area contributed by atoms with Crippen molar-refractivity contribution in [2.75, 3.05) is 33.9 Å². The van der Waals surface area contributed by atoms with Crippen molar-refractivity contribution < 1.29 is 39.1 Å². The number of nitrogens with one attached hydrogen (secondary N) is 1. The van der Waals surface area contributed by atoms with Crippen LogP contribution in [-0.2, 0) is 22.6 Å². The molecule has 4 unspecified atom stereocenters. The minimum Gasteiger partial charge on any atom is -0.497 e. The van der Waals surface area contributed by atoms with E-state index < -0.39 is 30.1 Å². The number of carbonyl (C=O) groups is 2. The van der Waals surface area contributed by atoms with Crippen LogP contribution in [0.5, 0.6) is 17.2 Å². The van der Waals surface area contributed by atoms with E-state index >= 15 is 0 Å². The van der Waals surface area contributed by atoms with Gasteiger partial charge in [-0.3, -0.25) is 9.59 Å². The van der Waals surface area contributed by atoms with Gasteiger partial charge in [0, 0.05) is 30.1 Å². The van der Waals surface area contributed by atoms with E-state index in [1.165, 1.54) is 7.11 Å². The predicted molar refractivity (Wildman–Crippen MR) is 145 cm³/mol. The second kappa shape index (κ2) is 11.9. The van der Waals surface area contributed by atoms with Gasteiger partial charge in [-0.15, -0.1) is 0 Å². The first-order valence-corrected chi connectivity index (χ1v) is 13.6. The molecule has 5 rings (SSSR count). The molecule has 2 aliphatic carbocycles. The summed E-state index contributed by atoms with van der Waals surface area (Å²) in [7, 11) is 3.09. The summed E-state index contributed by atoms with van der Waals surface area (Å²) in [5, 5.41) is 33.6. The van der Waals surface area contributed by atoms with Gasteiger partial charge in [0.2, 0.25) is 11.8 Å². The number of carbonyl (C=O) groups excluding carboxylic acids is 2. The van der Waals surface area contributed by atoms with Crippen LogP contribution in [0.3, 0.4) is 0 Å². The summed E-state index contributed by atoms with van der Waals surface area (Å²) in [5.41, 5.74) is 2.51. The largest absolute Gasteiger partial charge is 0.497 e. The molecule has 1 heterocycles. The summed E-state index contributed by atoms with van der Waals surface area (Å²) in [6, 6.07) is 10.2. The fourth-order valence-corrected chi connectivity index (χ4v) is 5.67. The predicted octanol–water partition coefficient (Wildman–Crippen LogP) is 1.30. The molecule has 1 aliphatic heterocycles. The van der Waals surface area contributed by atoms with Crippen molar-refractivity contribution >= 4 is 11.8 Å². The van der Waals surface area contributed by atoms with Crippen LogP contribution >= 0.6 is 0 Å². The van der Waals surface area contributed by atoms with Crippen LogP contribution in [0.25, 0.3) is 0 Å². The van der Waals surface area contributed by atoms with Crippen LogP contribution in [0.2, 0.25) is 0 Å². The molecule has 0 saturated heterocycles. The first-order chi connectivity index (χ1) is 19.4. The zero-order valence-corrected chi connectivity index (χ0v) is 22.7. The summed E-state index contributed by atoms with van der Waals surface area (Å²) in [6.45, 7) is -0.0961. The summed E-state index contributed by atoms with van der Waals surface area (Å²) in [6.07, 6.45) is 1.78. The van der Waals surface area contributed by atoms with Crippen molar-refractivity contribution in [1.82, 2.24) is 10.2 Å². The van der Waals surface area contributed by atoms with E-state index in [4.69, 9.17) is 14.2 Å². The molecular formula is C30H36N2O8. The molecule has 1 fully saturated rings. The molecule has 4 atom stereocenters. The number of methoxy groups -OCH3 is 2. The smallest absolute Gasteiger partial charge is 0.247 e. The Bertz CT molecular complexity index is 1290. The highest BCUT2D eigenvalue weighted by atomic mass is 16.5. The van der Waals surface area contributed by atoms with E-state index in [1.54, 1.807) is 30.2 Å². The lowest BCUT2D eigenvalue weighted by Gasteiger charge is -2.41. The van der Waals surface area contributed by atoms with Gasteiger partial charge in [-0.2, -0.15) is 0 Å². The third kappa shape index (κ3) is 5.39. The van der Waals surface area contributed by atoms with Crippen molar-refractivity contribution in [3.8, 4) is 17.2 Å². The van der Waals surface area contributed by atoms with Crippen molar-refractivity contribution in [2.24, 2.45) is 5.92 Å². The van der Waals surface area contributed by atoms with Gasteiger partial charge >= 0.3 is 0 Å². The quantitative estimate of drug-likeness (QED) is 0.327. The van der Waals surface area contributed by atoms with Gasteiger partial charge in [-0.25, -0.2) is 0 Å². The van der Waals surface area contributed by atoms with Crippen LogP contribution in [-0.4, -0.2) is 84.2 Å². The van der Waals surface area contributed by atoms with Crippen LogP contribution in [0, 0.1) is 5.92 Å². The number of fused-ring (bicyclic) bond motifs is 3. The van der Waals surface area contributed by atoms with Gasteiger partial charge in [0.1, 0.15) is 18.0 Å². The Kier molecular flexibility index (Phi) is 8.30. The van der Waals surface area contributed by atoms with Gasteiger partial charge in [-0.05, 0) is 60.7 Å². The lowest BCUT2D eigenvalue weighted by atomic mass is 9.77. The SMILES string of the molecule is COc1cccc(CCN(C(=O)C2CC2)C2C=C(C(=O)NCCO)C3c4cc(CO)cc(OC)c4OC3C2O)c1. The number of hydrogen-bond acceptors (Lipinski definition) is 8. The number of aliphatic hydroxyl groups excluding tert-OH is 3. The Morgan fingerprint density at radius 3 is 2.58 bits per heavy atom. The Hall–Kier alpha value is -3.60. The maximum atomic E-state index is 13.6. The zero-order valence-electron chi connectivity index (χ0n) is 22.7. The van der Waals surface area contributed by atoms with Crippen molar-refractivity contribution in [2.45, 2.75) is 50.0 Å². The van der Waals surface area contributed by atoms with Crippen molar-refractivity contribution in [1.29, 1.82) is 0 Å². The average molecular weight is 553 g/mol. The molecule has 0 bridgehead atoms. The lowest BCUT2D eigenvalue weighted by Crippen LogP contribution is -2.56. The molecule has 0 radical (unpaired) electrons. The maximum Gasteiger partial charge on any atom is 0.247 e. The fourth-order valence-electron chi connectivity index (χ4n) is 5.67. The van der Waals surface area contributed by atoms with Crippen LogP contribution in [0.15, 0.2) is 48.0 Å². The third-order valence-corrected chi connectivity index (χ3v) is 7.84. The molecule has 214 valence electrons. The molecule has 2 aromatic rings. The second-order valence-electron chi connectivity index (χ2n) is 10.4. The summed E-state index contributed by atoms with van der Waals surface area (Å²) in [4.78, 5) is 28.7. The van der Waals surface area contributed by atoms with Gasteiger partial charge in [0.25, 0.3) is 0 Å². The van der Waals surface area contributed by atoms with E-state index in [2.05, 4.69) is 5.32 Å². The number of amides is 2. The monoisotopic (exact) mass is 552 g/mol. The number of hydrogen-bond donors (Lipinski definition) is 4. The highest BCUT2D eigenvalue weighted by Gasteiger charge is 2.52. The molecule has 4 N–H and O–H groups in total. The zero-order chi connectivity index (χ0) is 28.4. The second-order valence-corrected chi connectivity index (χ2v) is 10.4. The number of benzene rings is 2. The normalized spacial score (nSPS) is 22.9. The highest BCUT2D eigenvalue weighted by molar-refractivity contribution is 5.96. The number of ether oxygens (including phenoxy) is 3. The number of rotatable bonds is 11. The molecule has 2 aromatic carbocycles. The number of nitrogens with zero attached hydrogens (tertiary/aromatic N) is 1. The summed E-state index contributed by atoms with van der Waals surface area (Å²) >= 11 is 0. The number of aliphatic hydroxyl groups is 3. The standard InChI is InChI=1S/C30H36N2O8/c1-38-20-5-3-4-17(12-20)8-10-32(30(37)19-6-7-19)23-15-22(29(36)31-9-11-33)25-21-13-18(16-34)14-24(39-2)27(21)40-28(25)26(23)35/h3-5,12-15,19,23,25-26,28,33-35H,6-11,16H2,1-2H3,(H,31,36). The minimum atomic E-state index is -1.14. The Labute approximate surface area is 233 Å². The van der Waals surface area contributed by atoms with Crippen molar-refractivity contribution in [3.05, 3.63) is 64.7 Å². The molecule has 0 aromatic heterocycles. The third-order valence-electron chi connectivity index (χ3n) is 7.84. The summed E-state index contributed by atoms with van der Waals surface area (Å²) < 4.78 is 17.1. The Morgan fingerprint density at radius 2 is 1.90 bits per heavy atom. The van der Waals surface area contributed by atoms with Gasteiger partial charge in [0.05, 0.1) is 39.4 Å². The van der Waals surface area contributed by atoms with E-state index in [-0.39, 0.29) is 31.6 Å². The molecule has 3 aliphatic rings. The van der Waals surface area contributed by atoms with Crippen LogP contribution in [0.1, 0.15) is 35.4 Å². The highest BCUT2D eigenvalue weighted by Crippen LogP contribution is 2.51. The van der Waals surface area contributed by atoms with Crippen LogP contribution in [0.4, 0.5) is 0 Å². The molecule has 40 heavy (non-hydrogen) atoms. The first-order valence-electron chi connectivity index (χ1n) is 13.6. The van der Waals surface area contributed by atoms with E-state index in [0.717, 1.165) is 18.4 Å². The molecule has 2 amide bonds.